The molecule has 2 aromatic rings. The number of fused-ring (bicyclic) bond motifs is 1. The van der Waals surface area contributed by atoms with Crippen LogP contribution in [-0.4, -0.2) is 16.7 Å². The topological polar surface area (TPSA) is 17.0 Å². The highest BCUT2D eigenvalue weighted by atomic mass is 15.0. The van der Waals surface area contributed by atoms with E-state index in [1.54, 1.807) is 0 Å². The van der Waals surface area contributed by atoms with Crippen LogP contribution in [0.4, 0.5) is 0 Å². The van der Waals surface area contributed by atoms with E-state index in [1.165, 1.54) is 34.1 Å². The van der Waals surface area contributed by atoms with Crippen molar-refractivity contribution in [2.24, 2.45) is 7.05 Å². The summed E-state index contributed by atoms with van der Waals surface area (Å²) in [6.45, 7) is 12.2. The minimum absolute atomic E-state index is 0.213. The first-order valence-electron chi connectivity index (χ1n) is 7.60. The highest BCUT2D eigenvalue weighted by Crippen LogP contribution is 2.28. The molecule has 2 nitrogen and oxygen atoms in total. The van der Waals surface area contributed by atoms with Crippen LogP contribution >= 0.6 is 0 Å². The van der Waals surface area contributed by atoms with Gasteiger partial charge in [-0.05, 0) is 65.1 Å². The molecule has 2 rings (SSSR count). The number of hydrogen-bond acceptors (Lipinski definition) is 1. The monoisotopic (exact) mass is 272 g/mol. The van der Waals surface area contributed by atoms with Crippen molar-refractivity contribution in [3.8, 4) is 0 Å². The van der Waals surface area contributed by atoms with Gasteiger partial charge in [-0.3, -0.25) is 0 Å². The summed E-state index contributed by atoms with van der Waals surface area (Å²) in [5, 5.41) is 5.00. The molecule has 1 aromatic heterocycles. The second-order valence-electron chi connectivity index (χ2n) is 6.87. The summed E-state index contributed by atoms with van der Waals surface area (Å²) in [6.07, 6.45) is 2.33. The summed E-state index contributed by atoms with van der Waals surface area (Å²) in [4.78, 5) is 0. The van der Waals surface area contributed by atoms with E-state index in [0.717, 1.165) is 13.0 Å². The zero-order chi connectivity index (χ0) is 14.9. The lowest BCUT2D eigenvalue weighted by Crippen LogP contribution is -2.36. The van der Waals surface area contributed by atoms with Crippen LogP contribution in [0.5, 0.6) is 0 Å². The molecule has 0 amide bonds. The lowest BCUT2D eigenvalue weighted by molar-refractivity contribution is 0.422. The van der Waals surface area contributed by atoms with Gasteiger partial charge in [0, 0.05) is 23.7 Å². The Hall–Kier alpha value is -1.28. The quantitative estimate of drug-likeness (QED) is 0.829. The predicted molar refractivity (Wildman–Crippen MR) is 88.5 cm³/mol. The Bertz CT molecular complexity index is 600. The standard InChI is InChI=1S/C18H28N2/c1-13-9-7-10-16-15(14(2)20(6)17(13)16)11-8-12-19-18(3,4)5/h7,9-10,19H,8,11-12H2,1-6H3. The van der Waals surface area contributed by atoms with Crippen molar-refractivity contribution in [1.82, 2.24) is 9.88 Å². The zero-order valence-corrected chi connectivity index (χ0v) is 13.8. The molecule has 20 heavy (non-hydrogen) atoms. The zero-order valence-electron chi connectivity index (χ0n) is 13.8. The summed E-state index contributed by atoms with van der Waals surface area (Å²) < 4.78 is 2.34. The van der Waals surface area contributed by atoms with E-state index in [1.807, 2.05) is 0 Å². The Morgan fingerprint density at radius 1 is 1.15 bits per heavy atom. The van der Waals surface area contributed by atoms with Crippen LogP contribution in [0, 0.1) is 13.8 Å². The normalized spacial score (nSPS) is 12.3. The summed E-state index contributed by atoms with van der Waals surface area (Å²) >= 11 is 0. The van der Waals surface area contributed by atoms with Crippen LogP contribution in [0.15, 0.2) is 18.2 Å². The van der Waals surface area contributed by atoms with Crippen LogP contribution in [0.25, 0.3) is 10.9 Å². The smallest absolute Gasteiger partial charge is 0.0512 e. The number of nitrogens with zero attached hydrogens (tertiary/aromatic N) is 1. The van der Waals surface area contributed by atoms with Gasteiger partial charge < -0.3 is 9.88 Å². The van der Waals surface area contributed by atoms with Gasteiger partial charge in [-0.15, -0.1) is 0 Å². The molecule has 110 valence electrons. The number of nitrogens with one attached hydrogen (secondary N) is 1. The second kappa shape index (κ2) is 5.61. The molecule has 0 saturated heterocycles. The molecule has 0 aliphatic rings. The second-order valence-corrected chi connectivity index (χ2v) is 6.87. The number of benzene rings is 1. The Kier molecular flexibility index (Phi) is 4.24. The number of hydrogen-bond donors (Lipinski definition) is 1. The molecule has 0 bridgehead atoms. The van der Waals surface area contributed by atoms with E-state index < -0.39 is 0 Å². The lowest BCUT2D eigenvalue weighted by Gasteiger charge is -2.20. The van der Waals surface area contributed by atoms with Gasteiger partial charge in [0.25, 0.3) is 0 Å². The van der Waals surface area contributed by atoms with Crippen molar-refractivity contribution < 1.29 is 0 Å². The fourth-order valence-corrected chi connectivity index (χ4v) is 2.96. The molecule has 1 heterocycles. The van der Waals surface area contributed by atoms with Gasteiger partial charge in [0.1, 0.15) is 0 Å². The molecule has 0 aliphatic heterocycles. The Morgan fingerprint density at radius 3 is 2.50 bits per heavy atom. The highest BCUT2D eigenvalue weighted by Gasteiger charge is 2.13. The van der Waals surface area contributed by atoms with E-state index >= 15 is 0 Å². The van der Waals surface area contributed by atoms with Crippen molar-refractivity contribution in [3.63, 3.8) is 0 Å². The maximum Gasteiger partial charge on any atom is 0.0512 e. The first kappa shape index (κ1) is 15.1. The van der Waals surface area contributed by atoms with E-state index in [9.17, 15) is 0 Å². The summed E-state index contributed by atoms with van der Waals surface area (Å²) in [6, 6.07) is 6.64. The van der Waals surface area contributed by atoms with Gasteiger partial charge in [0.15, 0.2) is 0 Å². The van der Waals surface area contributed by atoms with E-state index in [2.05, 4.69) is 69.7 Å². The van der Waals surface area contributed by atoms with Crippen molar-refractivity contribution in [2.75, 3.05) is 6.54 Å². The molecule has 0 spiro atoms. The van der Waals surface area contributed by atoms with Gasteiger partial charge in [0.05, 0.1) is 5.52 Å². The lowest BCUT2D eigenvalue weighted by atomic mass is 10.0. The van der Waals surface area contributed by atoms with Gasteiger partial charge >= 0.3 is 0 Å². The molecule has 0 saturated carbocycles. The maximum atomic E-state index is 3.57. The minimum Gasteiger partial charge on any atom is -0.347 e. The molecule has 0 aliphatic carbocycles. The van der Waals surface area contributed by atoms with Crippen LogP contribution in [0.2, 0.25) is 0 Å². The van der Waals surface area contributed by atoms with Crippen molar-refractivity contribution in [1.29, 1.82) is 0 Å². The maximum absolute atomic E-state index is 3.57. The van der Waals surface area contributed by atoms with Crippen molar-refractivity contribution in [2.45, 2.75) is 53.0 Å². The molecule has 0 atom stereocenters. The molecule has 0 unspecified atom stereocenters. The van der Waals surface area contributed by atoms with Crippen LogP contribution in [0.1, 0.15) is 44.0 Å². The SMILES string of the molecule is Cc1cccc2c(CCCNC(C)(C)C)c(C)n(C)c12. The fraction of sp³-hybridized carbons (Fsp3) is 0.556. The van der Waals surface area contributed by atoms with Crippen molar-refractivity contribution in [3.05, 3.63) is 35.0 Å². The van der Waals surface area contributed by atoms with Crippen molar-refractivity contribution >= 4 is 10.9 Å². The van der Waals surface area contributed by atoms with Gasteiger partial charge in [-0.1, -0.05) is 18.2 Å². The Morgan fingerprint density at radius 2 is 1.85 bits per heavy atom. The molecular weight excluding hydrogens is 244 g/mol. The first-order valence-corrected chi connectivity index (χ1v) is 7.60. The van der Waals surface area contributed by atoms with E-state index in [-0.39, 0.29) is 5.54 Å². The molecule has 0 fully saturated rings. The average molecular weight is 272 g/mol. The number of aryl methyl sites for hydroxylation is 3. The third-order valence-electron chi connectivity index (χ3n) is 4.10. The van der Waals surface area contributed by atoms with Crippen LogP contribution < -0.4 is 5.32 Å². The summed E-state index contributed by atoms with van der Waals surface area (Å²) in [5.41, 5.74) is 5.90. The average Bonchev–Trinajstić information content (AvgIpc) is 2.59. The van der Waals surface area contributed by atoms with E-state index in [4.69, 9.17) is 0 Å². The Balaban J connectivity index is 2.19. The van der Waals surface area contributed by atoms with Gasteiger partial charge in [-0.25, -0.2) is 0 Å². The predicted octanol–water partition coefficient (Wildman–Crippen LogP) is 4.12. The van der Waals surface area contributed by atoms with Gasteiger partial charge in [-0.2, -0.15) is 0 Å². The molecule has 1 aromatic carbocycles. The fourth-order valence-electron chi connectivity index (χ4n) is 2.96. The third-order valence-corrected chi connectivity index (χ3v) is 4.10. The van der Waals surface area contributed by atoms with E-state index in [0.29, 0.717) is 0 Å². The number of para-hydroxylation sites is 1. The summed E-state index contributed by atoms with van der Waals surface area (Å²) in [5.74, 6) is 0. The Labute approximate surface area is 123 Å². The third kappa shape index (κ3) is 3.06. The number of aromatic nitrogens is 1. The molecule has 2 heteroatoms. The minimum atomic E-state index is 0.213. The first-order chi connectivity index (χ1) is 9.31. The van der Waals surface area contributed by atoms with Crippen LogP contribution in [-0.2, 0) is 13.5 Å². The summed E-state index contributed by atoms with van der Waals surface area (Å²) in [7, 11) is 2.18. The highest BCUT2D eigenvalue weighted by molar-refractivity contribution is 5.88. The van der Waals surface area contributed by atoms with Gasteiger partial charge in [0.2, 0.25) is 0 Å². The molecular formula is C18H28N2. The largest absolute Gasteiger partial charge is 0.347 e. The number of rotatable bonds is 4. The molecule has 1 N–H and O–H groups in total. The molecule has 0 radical (unpaired) electrons. The van der Waals surface area contributed by atoms with Crippen LogP contribution in [0.3, 0.4) is 0 Å².